The highest BCUT2D eigenvalue weighted by atomic mass is 32.2. The number of rotatable bonds is 17. The molecule has 8 rings (SSSR count). The highest BCUT2D eigenvalue weighted by Gasteiger charge is 2.53. The molecule has 0 saturated carbocycles. The number of methoxy groups -OCH3 is 1. The summed E-state index contributed by atoms with van der Waals surface area (Å²) in [5.41, 5.74) is 6.37. The van der Waals surface area contributed by atoms with Gasteiger partial charge in [-0.1, -0.05) is 58.0 Å². The summed E-state index contributed by atoms with van der Waals surface area (Å²) in [5.74, 6) is -1.39. The number of aliphatic hydroxyl groups excluding tert-OH is 1. The minimum absolute atomic E-state index is 0.0134. The Hall–Kier alpha value is -4.60. The normalized spacial score (nSPS) is 22.2. The molecule has 1 aromatic heterocycles. The van der Waals surface area contributed by atoms with E-state index in [4.69, 9.17) is 28.5 Å². The van der Waals surface area contributed by atoms with Gasteiger partial charge in [-0.3, -0.25) is 4.79 Å². The number of ether oxygens (including phenoxy) is 4. The van der Waals surface area contributed by atoms with E-state index in [0.717, 1.165) is 43.6 Å². The number of anilines is 2. The van der Waals surface area contributed by atoms with Gasteiger partial charge < -0.3 is 34.3 Å². The van der Waals surface area contributed by atoms with Crippen LogP contribution in [-0.4, -0.2) is 100 Å². The van der Waals surface area contributed by atoms with Crippen LogP contribution in [0.5, 0.6) is 5.75 Å². The quantitative estimate of drug-likeness (QED) is 0.100. The molecule has 350 valence electrons. The van der Waals surface area contributed by atoms with Gasteiger partial charge in [0.05, 0.1) is 49.7 Å². The number of thiophene rings is 1. The van der Waals surface area contributed by atoms with Crippen LogP contribution in [-0.2, 0) is 57.9 Å². The smallest absolute Gasteiger partial charge is 0.373 e. The van der Waals surface area contributed by atoms with Crippen molar-refractivity contribution in [3.05, 3.63) is 94.9 Å². The molecule has 0 bridgehead atoms. The van der Waals surface area contributed by atoms with Gasteiger partial charge in [0, 0.05) is 58.8 Å². The number of nitrogens with one attached hydrogen (secondary N) is 1. The van der Waals surface area contributed by atoms with Gasteiger partial charge in [-0.05, 0) is 110 Å². The fourth-order valence-corrected chi connectivity index (χ4v) is 12.5. The van der Waals surface area contributed by atoms with Gasteiger partial charge in [0.2, 0.25) is 10.0 Å². The van der Waals surface area contributed by atoms with Crippen molar-refractivity contribution in [1.82, 2.24) is 4.31 Å². The zero-order chi connectivity index (χ0) is 46.5. The number of aliphatic hydroxyl groups is 1. The molecular weight excluding hydrogens is 867 g/mol. The van der Waals surface area contributed by atoms with Gasteiger partial charge in [0.25, 0.3) is 0 Å². The van der Waals surface area contributed by atoms with Gasteiger partial charge in [-0.2, -0.15) is 13.9 Å². The molecular formula is C50H63N3O10S2. The number of hydrogen-bond acceptors (Lipinski definition) is 13. The summed E-state index contributed by atoms with van der Waals surface area (Å²) in [4.78, 5) is 35.4. The number of para-hydroxylation sites is 1. The van der Waals surface area contributed by atoms with Crippen LogP contribution in [0.2, 0.25) is 0 Å². The number of aryl methyl sites for hydroxylation is 1. The predicted molar refractivity (Wildman–Crippen MR) is 249 cm³/mol. The first kappa shape index (κ1) is 48.3. The van der Waals surface area contributed by atoms with Crippen LogP contribution in [0.15, 0.2) is 83.8 Å². The lowest BCUT2D eigenvalue weighted by molar-refractivity contribution is -0.191. The Bertz CT molecular complexity index is 2390. The van der Waals surface area contributed by atoms with Crippen molar-refractivity contribution in [3.8, 4) is 16.2 Å². The maximum absolute atomic E-state index is 14.0. The van der Waals surface area contributed by atoms with E-state index in [2.05, 4.69) is 54.4 Å². The standard InChI is InChI=1S/C49H63N3O8S2.CO2/c1-32(2)27-52(62(55,56)39-17-15-38(57-6)16-18-39)30-43(53)34(25-47(54)60-44-31-59-49(5)41(44)20-22-58-49)23-33-11-13-36(14-12-33)50-37-28-51(29-37)42-10-8-7-9-40(42)46-24-35-26-48(3,4)21-19-45(35)61-46;2-1-3/h7-18,24,32,34,37,41,43-44,50,53H,19-23,25-31H2,1-6H3;/t34-,41+,43-,44+,49-;/m1./s1. The Labute approximate surface area is 387 Å². The molecule has 4 aliphatic rings. The molecule has 3 fully saturated rings. The van der Waals surface area contributed by atoms with Gasteiger partial charge in [-0.15, -0.1) is 11.3 Å². The molecule has 0 unspecified atom stereocenters. The molecule has 1 aliphatic carbocycles. The first-order valence-corrected chi connectivity index (χ1v) is 24.9. The van der Waals surface area contributed by atoms with E-state index in [1.54, 1.807) is 17.0 Å². The lowest BCUT2D eigenvalue weighted by Crippen LogP contribution is -2.55. The summed E-state index contributed by atoms with van der Waals surface area (Å²) in [6, 6.07) is 25.8. The van der Waals surface area contributed by atoms with Crippen LogP contribution in [0.1, 0.15) is 69.9 Å². The number of fused-ring (bicyclic) bond motifs is 2. The second-order valence-corrected chi connectivity index (χ2v) is 22.2. The average molecular weight is 930 g/mol. The Morgan fingerprint density at radius 2 is 1.72 bits per heavy atom. The van der Waals surface area contributed by atoms with E-state index >= 15 is 0 Å². The van der Waals surface area contributed by atoms with Gasteiger partial charge in [0.15, 0.2) is 5.79 Å². The second kappa shape index (κ2) is 20.5. The third-order valence-corrected chi connectivity index (χ3v) is 16.3. The molecule has 0 radical (unpaired) electrons. The number of nitrogens with zero attached hydrogens (tertiary/aromatic N) is 2. The van der Waals surface area contributed by atoms with E-state index in [1.807, 2.05) is 56.4 Å². The Kier molecular flexibility index (Phi) is 15.2. The molecule has 0 spiro atoms. The number of carbonyl (C=O) groups is 1. The third-order valence-electron chi connectivity index (χ3n) is 13.2. The van der Waals surface area contributed by atoms with Crippen molar-refractivity contribution >= 4 is 44.9 Å². The summed E-state index contributed by atoms with van der Waals surface area (Å²) < 4.78 is 52.3. The molecule has 3 aliphatic heterocycles. The van der Waals surface area contributed by atoms with Gasteiger partial charge in [0.1, 0.15) is 11.9 Å². The first-order chi connectivity index (χ1) is 31.0. The van der Waals surface area contributed by atoms with Crippen molar-refractivity contribution in [3.63, 3.8) is 0 Å². The monoisotopic (exact) mass is 929 g/mol. The van der Waals surface area contributed by atoms with Crippen LogP contribution >= 0.6 is 11.3 Å². The number of hydrogen-bond donors (Lipinski definition) is 2. The number of sulfonamides is 1. The van der Waals surface area contributed by atoms with Gasteiger partial charge >= 0.3 is 12.1 Å². The van der Waals surface area contributed by atoms with E-state index in [0.29, 0.717) is 24.2 Å². The summed E-state index contributed by atoms with van der Waals surface area (Å²) in [5, 5.41) is 15.6. The summed E-state index contributed by atoms with van der Waals surface area (Å²) in [6.07, 6.45) is 3.16. The van der Waals surface area contributed by atoms with E-state index in [-0.39, 0.29) is 55.0 Å². The van der Waals surface area contributed by atoms with Crippen LogP contribution in [0.4, 0.5) is 11.4 Å². The zero-order valence-corrected chi connectivity index (χ0v) is 39.9. The molecule has 13 nitrogen and oxygen atoms in total. The Morgan fingerprint density at radius 1 is 1.02 bits per heavy atom. The van der Waals surface area contributed by atoms with E-state index in [9.17, 15) is 18.3 Å². The molecule has 65 heavy (non-hydrogen) atoms. The van der Waals surface area contributed by atoms with E-state index < -0.39 is 39.9 Å². The molecule has 15 heteroatoms. The van der Waals surface area contributed by atoms with Gasteiger partial charge in [-0.25, -0.2) is 8.42 Å². The number of benzene rings is 3. The van der Waals surface area contributed by atoms with Crippen LogP contribution in [0, 0.1) is 23.2 Å². The SMILES string of the molecule is COc1ccc(S(=O)(=O)N(CC(C)C)C[C@@H](O)[C@@H](CC(=O)O[C@H]2CO[C@@]3(C)OCC[C@@H]23)Cc2ccc(NC3CN(c4ccccc4-c4cc5c(s4)CCC(C)(C)C5)C3)cc2)cc1.O=C=O. The maximum Gasteiger partial charge on any atom is 0.373 e. The van der Waals surface area contributed by atoms with Crippen LogP contribution in [0.3, 0.4) is 0 Å². The Morgan fingerprint density at radius 3 is 2.42 bits per heavy atom. The molecule has 4 aromatic rings. The molecule has 4 heterocycles. The van der Waals surface area contributed by atoms with E-state index in [1.165, 1.54) is 51.7 Å². The predicted octanol–water partition coefficient (Wildman–Crippen LogP) is 7.61. The molecule has 3 aromatic carbocycles. The molecule has 5 atom stereocenters. The first-order valence-electron chi connectivity index (χ1n) is 22.6. The fourth-order valence-electron chi connectivity index (χ4n) is 9.63. The minimum Gasteiger partial charge on any atom is -0.497 e. The molecule has 3 saturated heterocycles. The fraction of sp³-hybridized carbons (Fsp3) is 0.520. The zero-order valence-electron chi connectivity index (χ0n) is 38.3. The van der Waals surface area contributed by atoms with Crippen molar-refractivity contribution in [1.29, 1.82) is 0 Å². The van der Waals surface area contributed by atoms with Crippen molar-refractivity contribution in [2.24, 2.45) is 23.2 Å². The third kappa shape index (κ3) is 11.5. The summed E-state index contributed by atoms with van der Waals surface area (Å²) >= 11 is 1.96. The molecule has 2 N–H and O–H groups in total. The van der Waals surface area contributed by atoms with Crippen LogP contribution in [0.25, 0.3) is 10.4 Å². The van der Waals surface area contributed by atoms with Crippen LogP contribution < -0.4 is 15.0 Å². The topological polar surface area (TPSA) is 161 Å². The second-order valence-electron chi connectivity index (χ2n) is 19.2. The lowest BCUT2D eigenvalue weighted by atomic mass is 9.77. The van der Waals surface area contributed by atoms with Crippen molar-refractivity contribution < 1.29 is 46.9 Å². The summed E-state index contributed by atoms with van der Waals surface area (Å²) in [7, 11) is -2.46. The number of esters is 1. The highest BCUT2D eigenvalue weighted by Crippen LogP contribution is 2.45. The minimum atomic E-state index is -3.98. The Balaban J connectivity index is 0.00000204. The number of carbonyl (C=O) groups excluding carboxylic acids is 3. The summed E-state index contributed by atoms with van der Waals surface area (Å²) in [6.45, 7) is 13.1. The highest BCUT2D eigenvalue weighted by molar-refractivity contribution is 7.89. The van der Waals surface area contributed by atoms with Crippen molar-refractivity contribution in [2.45, 2.75) is 102 Å². The average Bonchev–Trinajstić information content (AvgIpc) is 3.94. The lowest BCUT2D eigenvalue weighted by Gasteiger charge is -2.42. The molecule has 0 amide bonds. The maximum atomic E-state index is 14.0. The van der Waals surface area contributed by atoms with Crippen molar-refractivity contribution in [2.75, 3.05) is 56.7 Å². The largest absolute Gasteiger partial charge is 0.497 e.